The van der Waals surface area contributed by atoms with Crippen molar-refractivity contribution >= 4 is 12.6 Å². The summed E-state index contributed by atoms with van der Waals surface area (Å²) < 4.78 is 20.3. The van der Waals surface area contributed by atoms with Gasteiger partial charge in [0.25, 0.3) is 0 Å². The number of rotatable bonds is 13. The van der Waals surface area contributed by atoms with E-state index in [0.717, 1.165) is 30.0 Å². The minimum Gasteiger partial charge on any atom is -0.475 e. The summed E-state index contributed by atoms with van der Waals surface area (Å²) in [7, 11) is 0. The van der Waals surface area contributed by atoms with Gasteiger partial charge in [-0.05, 0) is 119 Å². The maximum atomic E-state index is 14.6. The maximum absolute atomic E-state index is 14.6. The first-order chi connectivity index (χ1) is 19.4. The van der Waals surface area contributed by atoms with E-state index >= 15 is 0 Å². The lowest BCUT2D eigenvalue weighted by atomic mass is 9.78. The van der Waals surface area contributed by atoms with Gasteiger partial charge in [-0.3, -0.25) is 4.79 Å². The Morgan fingerprint density at radius 1 is 1.12 bits per heavy atom. The minimum atomic E-state index is -0.321. The molecule has 0 amide bonds. The van der Waals surface area contributed by atoms with Gasteiger partial charge in [0, 0.05) is 18.9 Å². The molecule has 1 aliphatic rings. The quantitative estimate of drug-likeness (QED) is 0.265. The first-order valence-electron chi connectivity index (χ1n) is 15.3. The summed E-state index contributed by atoms with van der Waals surface area (Å²) in [5, 5.41) is 3.88. The van der Waals surface area contributed by atoms with Crippen LogP contribution in [0.15, 0.2) is 30.5 Å². The molecule has 0 radical (unpaired) electrons. The molecule has 1 aromatic carbocycles. The maximum Gasteiger partial charge on any atom is 0.213 e. The number of nitrogens with zero attached hydrogens (tertiary/aromatic N) is 1. The van der Waals surface area contributed by atoms with E-state index < -0.39 is 0 Å². The molecule has 1 saturated carbocycles. The van der Waals surface area contributed by atoms with Crippen molar-refractivity contribution in [3.05, 3.63) is 58.5 Å². The van der Waals surface area contributed by atoms with Crippen LogP contribution in [-0.4, -0.2) is 35.7 Å². The Kier molecular flexibility index (Phi) is 13.6. The zero-order valence-corrected chi connectivity index (χ0v) is 26.7. The molecule has 2 unspecified atom stereocenters. The number of Topliss-reactive ketones (excluding diaryl/α,β-unsaturated/α-hetero) is 1. The predicted octanol–water partition coefficient (Wildman–Crippen LogP) is 7.92. The number of carbonyl (C=O) groups excluding carboxylic acids is 2. The van der Waals surface area contributed by atoms with E-state index in [1.807, 2.05) is 20.6 Å². The first-order valence-corrected chi connectivity index (χ1v) is 15.3. The van der Waals surface area contributed by atoms with Crippen LogP contribution in [0.5, 0.6) is 5.88 Å². The van der Waals surface area contributed by atoms with E-state index in [9.17, 15) is 9.18 Å². The predicted molar refractivity (Wildman–Crippen MR) is 168 cm³/mol. The molecule has 6 heteroatoms. The van der Waals surface area contributed by atoms with Crippen LogP contribution < -0.4 is 10.1 Å². The third-order valence-corrected chi connectivity index (χ3v) is 8.42. The molecule has 2 aromatic rings. The number of hydrogen-bond acceptors (Lipinski definition) is 5. The standard InChI is InChI=1S/C34H51FN2O2.CH2O.H2/c1-22(2)33(26(7)38)30-18-27(17-25(6)20-37-34(8)15-13-24(5)14-16-34)9-10-28(30)11-12-29-19-32(39-23(3)4)36-21-31(29)35;1-2;/h9-10,18-19,21-25,33,37H,11-17,20H2,1-8H3;1H2;1H. The highest BCUT2D eigenvalue weighted by Crippen LogP contribution is 2.33. The number of ketones is 1. The molecule has 0 spiro atoms. The highest BCUT2D eigenvalue weighted by molar-refractivity contribution is 5.84. The fraction of sp³-hybridized carbons (Fsp3) is 0.629. The molecule has 1 aromatic heterocycles. The molecule has 1 aliphatic carbocycles. The number of aromatic nitrogens is 1. The molecule has 5 nitrogen and oxygen atoms in total. The largest absolute Gasteiger partial charge is 0.475 e. The van der Waals surface area contributed by atoms with Gasteiger partial charge in [0.15, 0.2) is 0 Å². The third-order valence-electron chi connectivity index (χ3n) is 8.42. The number of nitrogens with one attached hydrogen (secondary N) is 1. The van der Waals surface area contributed by atoms with Crippen LogP contribution in [0.3, 0.4) is 0 Å². The van der Waals surface area contributed by atoms with Gasteiger partial charge in [-0.1, -0.05) is 45.9 Å². The second kappa shape index (κ2) is 16.1. The molecule has 0 saturated heterocycles. The number of benzene rings is 1. The second-order valence-corrected chi connectivity index (χ2v) is 13.1. The van der Waals surface area contributed by atoms with Gasteiger partial charge in [0.1, 0.15) is 18.4 Å². The lowest BCUT2D eigenvalue weighted by Crippen LogP contribution is -2.46. The number of aryl methyl sites for hydroxylation is 2. The Balaban J connectivity index is 0.00000288. The minimum absolute atomic E-state index is 0. The highest BCUT2D eigenvalue weighted by Gasteiger charge is 2.29. The van der Waals surface area contributed by atoms with Gasteiger partial charge in [-0.25, -0.2) is 9.37 Å². The molecule has 0 bridgehead atoms. The van der Waals surface area contributed by atoms with Crippen molar-refractivity contribution in [3.63, 3.8) is 0 Å². The van der Waals surface area contributed by atoms with Crippen LogP contribution in [0, 0.1) is 23.6 Å². The molecule has 1 N–H and O–H groups in total. The van der Waals surface area contributed by atoms with Crippen molar-refractivity contribution in [2.24, 2.45) is 17.8 Å². The van der Waals surface area contributed by atoms with Crippen LogP contribution in [0.25, 0.3) is 0 Å². The Morgan fingerprint density at radius 3 is 2.34 bits per heavy atom. The van der Waals surface area contributed by atoms with Crippen LogP contribution in [0.1, 0.15) is 111 Å². The van der Waals surface area contributed by atoms with Crippen molar-refractivity contribution in [3.8, 4) is 5.88 Å². The summed E-state index contributed by atoms with van der Waals surface area (Å²) in [6.45, 7) is 19.8. The van der Waals surface area contributed by atoms with Gasteiger partial charge < -0.3 is 14.8 Å². The number of carbonyl (C=O) groups is 2. The molecule has 230 valence electrons. The van der Waals surface area contributed by atoms with E-state index in [2.05, 4.69) is 63.1 Å². The summed E-state index contributed by atoms with van der Waals surface area (Å²) in [6, 6.07) is 8.32. The molecular formula is C35H55FN2O3. The first kappa shape index (κ1) is 34.6. The summed E-state index contributed by atoms with van der Waals surface area (Å²) in [6.07, 6.45) is 8.47. The summed E-state index contributed by atoms with van der Waals surface area (Å²) >= 11 is 0. The molecule has 3 rings (SSSR count). The Labute approximate surface area is 249 Å². The van der Waals surface area contributed by atoms with Crippen LogP contribution in [-0.2, 0) is 28.9 Å². The normalized spacial score (nSPS) is 20.3. The topological polar surface area (TPSA) is 68.3 Å². The summed E-state index contributed by atoms with van der Waals surface area (Å²) in [5.41, 5.74) is 4.31. The molecule has 1 fully saturated rings. The zero-order chi connectivity index (χ0) is 30.7. The van der Waals surface area contributed by atoms with E-state index in [4.69, 9.17) is 9.53 Å². The SMILES string of the molecule is C=O.CC(=O)C(c1cc(CC(C)CNC2(C)CCC(C)CC2)ccc1CCc1cc(OC(C)C)ncc1F)C(C)C.[HH]. The van der Waals surface area contributed by atoms with Gasteiger partial charge in [0.2, 0.25) is 5.88 Å². The number of halogens is 1. The molecule has 2 atom stereocenters. The Morgan fingerprint density at radius 2 is 1.76 bits per heavy atom. The van der Waals surface area contributed by atoms with E-state index in [-0.39, 0.29) is 36.5 Å². The van der Waals surface area contributed by atoms with Crippen molar-refractivity contribution in [1.82, 2.24) is 10.3 Å². The van der Waals surface area contributed by atoms with Gasteiger partial charge in [-0.15, -0.1) is 0 Å². The van der Waals surface area contributed by atoms with Gasteiger partial charge in [-0.2, -0.15) is 0 Å². The molecule has 0 aliphatic heterocycles. The highest BCUT2D eigenvalue weighted by atomic mass is 19.1. The van der Waals surface area contributed by atoms with E-state index in [0.29, 0.717) is 30.2 Å². The number of hydrogen-bond donors (Lipinski definition) is 1. The van der Waals surface area contributed by atoms with Crippen LogP contribution >= 0.6 is 0 Å². The average molecular weight is 571 g/mol. The Hall–Kier alpha value is -2.60. The zero-order valence-electron chi connectivity index (χ0n) is 26.7. The number of pyridine rings is 1. The summed E-state index contributed by atoms with van der Waals surface area (Å²) in [4.78, 5) is 24.9. The fourth-order valence-corrected chi connectivity index (χ4v) is 6.03. The van der Waals surface area contributed by atoms with Crippen LogP contribution in [0.2, 0.25) is 0 Å². The van der Waals surface area contributed by atoms with Crippen LogP contribution in [0.4, 0.5) is 4.39 Å². The van der Waals surface area contributed by atoms with Gasteiger partial charge in [0.05, 0.1) is 12.3 Å². The van der Waals surface area contributed by atoms with E-state index in [1.165, 1.54) is 37.4 Å². The Bertz CT molecular complexity index is 1120. The lowest BCUT2D eigenvalue weighted by molar-refractivity contribution is -0.119. The van der Waals surface area contributed by atoms with Crippen molar-refractivity contribution in [1.29, 1.82) is 0 Å². The fourth-order valence-electron chi connectivity index (χ4n) is 6.03. The molecule has 41 heavy (non-hydrogen) atoms. The second-order valence-electron chi connectivity index (χ2n) is 13.1. The van der Waals surface area contributed by atoms with E-state index in [1.54, 1.807) is 13.0 Å². The molecule has 1 heterocycles. The van der Waals surface area contributed by atoms with Gasteiger partial charge >= 0.3 is 0 Å². The average Bonchev–Trinajstić information content (AvgIpc) is 2.91. The smallest absolute Gasteiger partial charge is 0.213 e. The summed E-state index contributed by atoms with van der Waals surface area (Å²) in [5.74, 6) is 1.65. The molecular weight excluding hydrogens is 515 g/mol. The van der Waals surface area contributed by atoms with Crippen molar-refractivity contribution in [2.75, 3.05) is 6.54 Å². The van der Waals surface area contributed by atoms with Crippen molar-refractivity contribution < 1.29 is 20.1 Å². The lowest BCUT2D eigenvalue weighted by Gasteiger charge is -2.38. The number of ether oxygens (including phenoxy) is 1. The monoisotopic (exact) mass is 570 g/mol. The third kappa shape index (κ3) is 10.6. The van der Waals surface area contributed by atoms with Crippen molar-refractivity contribution in [2.45, 2.75) is 118 Å².